The van der Waals surface area contributed by atoms with Crippen LogP contribution in [0.1, 0.15) is 11.1 Å². The monoisotopic (exact) mass is 405 g/mol. The van der Waals surface area contributed by atoms with E-state index in [1.54, 1.807) is 54.6 Å². The van der Waals surface area contributed by atoms with Gasteiger partial charge in [-0.05, 0) is 48.4 Å². The number of anilines is 1. The normalized spacial score (nSPS) is 11.3. The Balaban J connectivity index is 2.13. The zero-order valence-corrected chi connectivity index (χ0v) is 16.4. The van der Waals surface area contributed by atoms with Gasteiger partial charge < -0.3 is 0 Å². The molecular weight excluding hydrogens is 389 g/mol. The number of para-hydroxylation sites is 1. The maximum absolute atomic E-state index is 13.3. The molecule has 3 nitrogen and oxygen atoms in total. The molecule has 3 aromatic carbocycles. The smallest absolute Gasteiger partial charge is 0.262 e. The van der Waals surface area contributed by atoms with Crippen molar-refractivity contribution in [3.63, 3.8) is 0 Å². The van der Waals surface area contributed by atoms with Crippen molar-refractivity contribution < 1.29 is 8.42 Å². The summed E-state index contributed by atoms with van der Waals surface area (Å²) in [7, 11) is -3.76. The molecule has 0 fully saturated rings. The zero-order chi connectivity index (χ0) is 18.7. The fourth-order valence-corrected chi connectivity index (χ4v) is 4.66. The molecule has 0 heterocycles. The van der Waals surface area contributed by atoms with Gasteiger partial charge in [-0.1, -0.05) is 65.7 Å². The third kappa shape index (κ3) is 3.88. The highest BCUT2D eigenvalue weighted by Crippen LogP contribution is 2.31. The molecule has 0 aliphatic heterocycles. The number of rotatable bonds is 5. The van der Waals surface area contributed by atoms with Gasteiger partial charge in [-0.25, -0.2) is 8.42 Å². The molecule has 0 aliphatic rings. The SMILES string of the molecule is Cc1ccccc1N(Cc1ccc(Cl)cc1Cl)S(=O)(=O)c1ccccc1. The van der Waals surface area contributed by atoms with Crippen LogP contribution < -0.4 is 4.31 Å². The lowest BCUT2D eigenvalue weighted by molar-refractivity contribution is 0.590. The molecular formula is C20H17Cl2NO2S. The summed E-state index contributed by atoms with van der Waals surface area (Å²) >= 11 is 12.3. The first-order chi connectivity index (χ1) is 12.4. The van der Waals surface area contributed by atoms with Crippen LogP contribution >= 0.6 is 23.2 Å². The van der Waals surface area contributed by atoms with Crippen molar-refractivity contribution in [1.29, 1.82) is 0 Å². The van der Waals surface area contributed by atoms with Gasteiger partial charge in [0.1, 0.15) is 0 Å². The van der Waals surface area contributed by atoms with Gasteiger partial charge in [0.15, 0.2) is 0 Å². The van der Waals surface area contributed by atoms with Crippen molar-refractivity contribution in [3.8, 4) is 0 Å². The minimum Gasteiger partial charge on any atom is -0.262 e. The Morgan fingerprint density at radius 3 is 2.19 bits per heavy atom. The van der Waals surface area contributed by atoms with Gasteiger partial charge in [0, 0.05) is 10.0 Å². The molecule has 0 saturated heterocycles. The molecule has 0 aromatic heterocycles. The highest BCUT2D eigenvalue weighted by Gasteiger charge is 2.26. The van der Waals surface area contributed by atoms with Crippen molar-refractivity contribution in [3.05, 3.63) is 94.0 Å². The maximum Gasteiger partial charge on any atom is 0.264 e. The molecule has 0 unspecified atom stereocenters. The number of halogens is 2. The van der Waals surface area contributed by atoms with Crippen molar-refractivity contribution in [2.24, 2.45) is 0 Å². The minimum atomic E-state index is -3.76. The second-order valence-electron chi connectivity index (χ2n) is 5.85. The molecule has 0 aliphatic carbocycles. The quantitative estimate of drug-likeness (QED) is 0.545. The number of hydrogen-bond acceptors (Lipinski definition) is 2. The van der Waals surface area contributed by atoms with E-state index < -0.39 is 10.0 Å². The Labute approximate surface area is 163 Å². The van der Waals surface area contributed by atoms with Gasteiger partial charge in [-0.2, -0.15) is 0 Å². The van der Waals surface area contributed by atoms with E-state index in [0.29, 0.717) is 21.3 Å². The number of nitrogens with zero attached hydrogens (tertiary/aromatic N) is 1. The van der Waals surface area contributed by atoms with Crippen LogP contribution in [0.15, 0.2) is 77.7 Å². The fraction of sp³-hybridized carbons (Fsp3) is 0.100. The molecule has 0 atom stereocenters. The number of benzene rings is 3. The largest absolute Gasteiger partial charge is 0.264 e. The van der Waals surface area contributed by atoms with Crippen LogP contribution in [0.5, 0.6) is 0 Å². The van der Waals surface area contributed by atoms with E-state index in [4.69, 9.17) is 23.2 Å². The average molecular weight is 406 g/mol. The van der Waals surface area contributed by atoms with Gasteiger partial charge in [0.25, 0.3) is 10.0 Å². The third-order valence-corrected chi connectivity index (χ3v) is 6.41. The van der Waals surface area contributed by atoms with E-state index in [9.17, 15) is 8.42 Å². The van der Waals surface area contributed by atoms with Crippen molar-refractivity contribution in [2.45, 2.75) is 18.4 Å². The van der Waals surface area contributed by atoms with E-state index in [2.05, 4.69) is 0 Å². The predicted molar refractivity (Wildman–Crippen MR) is 107 cm³/mol. The summed E-state index contributed by atoms with van der Waals surface area (Å²) in [5.74, 6) is 0. The van der Waals surface area contributed by atoms with Crippen LogP contribution in [0.4, 0.5) is 5.69 Å². The standard InChI is InChI=1S/C20H17Cl2NO2S/c1-15-7-5-6-10-20(15)23(14-16-11-12-17(21)13-19(16)22)26(24,25)18-8-3-2-4-9-18/h2-13H,14H2,1H3. The van der Waals surface area contributed by atoms with Crippen LogP contribution in [0.2, 0.25) is 10.0 Å². The Hall–Kier alpha value is -2.01. The Morgan fingerprint density at radius 2 is 1.54 bits per heavy atom. The van der Waals surface area contributed by atoms with Gasteiger partial charge in [-0.15, -0.1) is 0 Å². The van der Waals surface area contributed by atoms with E-state index in [0.717, 1.165) is 5.56 Å². The highest BCUT2D eigenvalue weighted by molar-refractivity contribution is 7.92. The molecule has 134 valence electrons. The number of aryl methyl sites for hydroxylation is 1. The van der Waals surface area contributed by atoms with E-state index in [1.807, 2.05) is 25.1 Å². The lowest BCUT2D eigenvalue weighted by Gasteiger charge is -2.26. The van der Waals surface area contributed by atoms with Gasteiger partial charge in [-0.3, -0.25) is 4.31 Å². The Morgan fingerprint density at radius 1 is 0.885 bits per heavy atom. The molecule has 0 saturated carbocycles. The molecule has 0 N–H and O–H groups in total. The molecule has 3 rings (SSSR count). The number of hydrogen-bond donors (Lipinski definition) is 0. The summed E-state index contributed by atoms with van der Waals surface area (Å²) in [6.45, 7) is 1.99. The summed E-state index contributed by atoms with van der Waals surface area (Å²) in [5, 5.41) is 0.937. The first kappa shape index (κ1) is 18.8. The van der Waals surface area contributed by atoms with E-state index >= 15 is 0 Å². The second kappa shape index (κ2) is 7.70. The van der Waals surface area contributed by atoms with Crippen LogP contribution in [-0.2, 0) is 16.6 Å². The van der Waals surface area contributed by atoms with Gasteiger partial charge in [0.2, 0.25) is 0 Å². The summed E-state index contributed by atoms with van der Waals surface area (Å²) in [5.41, 5.74) is 2.15. The second-order valence-corrected chi connectivity index (χ2v) is 8.55. The van der Waals surface area contributed by atoms with E-state index in [-0.39, 0.29) is 11.4 Å². The maximum atomic E-state index is 13.3. The molecule has 0 bridgehead atoms. The average Bonchev–Trinajstić information content (AvgIpc) is 2.62. The van der Waals surface area contributed by atoms with Crippen LogP contribution in [-0.4, -0.2) is 8.42 Å². The van der Waals surface area contributed by atoms with Crippen molar-refractivity contribution in [2.75, 3.05) is 4.31 Å². The summed E-state index contributed by atoms with van der Waals surface area (Å²) < 4.78 is 28.0. The third-order valence-electron chi connectivity index (χ3n) is 4.04. The molecule has 0 spiro atoms. The van der Waals surface area contributed by atoms with Crippen LogP contribution in [0.25, 0.3) is 0 Å². The summed E-state index contributed by atoms with van der Waals surface area (Å²) in [6, 6.07) is 20.8. The zero-order valence-electron chi connectivity index (χ0n) is 14.1. The van der Waals surface area contributed by atoms with Gasteiger partial charge in [0.05, 0.1) is 17.1 Å². The first-order valence-corrected chi connectivity index (χ1v) is 10.2. The number of sulfonamides is 1. The summed E-state index contributed by atoms with van der Waals surface area (Å²) in [6.07, 6.45) is 0. The lowest BCUT2D eigenvalue weighted by atomic mass is 10.2. The van der Waals surface area contributed by atoms with Crippen molar-refractivity contribution in [1.82, 2.24) is 0 Å². The topological polar surface area (TPSA) is 37.4 Å². The minimum absolute atomic E-state index is 0.109. The molecule has 0 radical (unpaired) electrons. The molecule has 0 amide bonds. The highest BCUT2D eigenvalue weighted by atomic mass is 35.5. The van der Waals surface area contributed by atoms with Crippen LogP contribution in [0.3, 0.4) is 0 Å². The van der Waals surface area contributed by atoms with E-state index in [1.165, 1.54) is 4.31 Å². The Kier molecular flexibility index (Phi) is 5.56. The lowest BCUT2D eigenvalue weighted by Crippen LogP contribution is -2.31. The van der Waals surface area contributed by atoms with Crippen LogP contribution in [0, 0.1) is 6.92 Å². The molecule has 26 heavy (non-hydrogen) atoms. The Bertz CT molecular complexity index is 1020. The van der Waals surface area contributed by atoms with Crippen molar-refractivity contribution >= 4 is 38.9 Å². The molecule has 3 aromatic rings. The fourth-order valence-electron chi connectivity index (χ4n) is 2.67. The summed E-state index contributed by atoms with van der Waals surface area (Å²) in [4.78, 5) is 0.230. The molecule has 6 heteroatoms. The first-order valence-electron chi connectivity index (χ1n) is 7.97. The van der Waals surface area contributed by atoms with Gasteiger partial charge >= 0.3 is 0 Å². The predicted octanol–water partition coefficient (Wildman–Crippen LogP) is 5.70.